The van der Waals surface area contributed by atoms with Crippen molar-refractivity contribution in [3.63, 3.8) is 0 Å². The van der Waals surface area contributed by atoms with Gasteiger partial charge in [0.1, 0.15) is 0 Å². The average Bonchev–Trinajstić information content (AvgIpc) is 2.47. The molecule has 1 saturated carbocycles. The van der Waals surface area contributed by atoms with Crippen molar-refractivity contribution in [2.45, 2.75) is 43.6 Å². The number of nitrogens with zero attached hydrogens (tertiary/aromatic N) is 1. The number of nitro groups is 1. The molecule has 0 radical (unpaired) electrons. The highest BCUT2D eigenvalue weighted by Crippen LogP contribution is 2.43. The van der Waals surface area contributed by atoms with E-state index in [0.717, 1.165) is 30.4 Å². The van der Waals surface area contributed by atoms with Crippen LogP contribution in [0.1, 0.15) is 42.7 Å². The van der Waals surface area contributed by atoms with E-state index in [-0.39, 0.29) is 23.0 Å². The van der Waals surface area contributed by atoms with Crippen LogP contribution in [0.4, 0.5) is 0 Å². The van der Waals surface area contributed by atoms with Crippen molar-refractivity contribution in [2.24, 2.45) is 0 Å². The molecule has 4 nitrogen and oxygen atoms in total. The summed E-state index contributed by atoms with van der Waals surface area (Å²) in [5, 5.41) is 11.4. The summed E-state index contributed by atoms with van der Waals surface area (Å²) in [6.07, 6.45) is 3.10. The first-order valence-electron chi connectivity index (χ1n) is 6.42. The van der Waals surface area contributed by atoms with Crippen molar-refractivity contribution in [3.05, 3.63) is 45.5 Å². The second-order valence-electron chi connectivity index (χ2n) is 5.33. The Morgan fingerprint density at radius 1 is 1.28 bits per heavy atom. The lowest BCUT2D eigenvalue weighted by Gasteiger charge is -2.32. The van der Waals surface area contributed by atoms with Gasteiger partial charge in [-0.1, -0.05) is 30.7 Å². The number of benzene rings is 1. The van der Waals surface area contributed by atoms with E-state index in [9.17, 15) is 14.9 Å². The van der Waals surface area contributed by atoms with Crippen molar-refractivity contribution in [3.8, 4) is 0 Å². The van der Waals surface area contributed by atoms with Gasteiger partial charge in [-0.15, -0.1) is 0 Å². The van der Waals surface area contributed by atoms with Crippen LogP contribution < -0.4 is 0 Å². The Balaban J connectivity index is 2.19. The number of carbonyl (C=O) groups excluding carboxylic acids is 1. The maximum atomic E-state index is 12.5. The molecule has 2 aliphatic rings. The average molecular weight is 245 g/mol. The van der Waals surface area contributed by atoms with E-state index in [1.807, 2.05) is 24.3 Å². The van der Waals surface area contributed by atoms with Gasteiger partial charge in [-0.25, -0.2) is 0 Å². The van der Waals surface area contributed by atoms with Crippen LogP contribution in [0.2, 0.25) is 0 Å². The van der Waals surface area contributed by atoms with Crippen molar-refractivity contribution < 1.29 is 9.72 Å². The number of hydrogen-bond acceptors (Lipinski definition) is 3. The van der Waals surface area contributed by atoms with E-state index in [0.29, 0.717) is 6.42 Å². The highest BCUT2D eigenvalue weighted by molar-refractivity contribution is 5.95. The molecule has 0 saturated heterocycles. The van der Waals surface area contributed by atoms with Gasteiger partial charge >= 0.3 is 0 Å². The fourth-order valence-electron chi connectivity index (χ4n) is 3.41. The van der Waals surface area contributed by atoms with Crippen molar-refractivity contribution in [2.75, 3.05) is 0 Å². The molecule has 0 unspecified atom stereocenters. The molecule has 0 aliphatic heterocycles. The van der Waals surface area contributed by atoms with Crippen LogP contribution in [0.3, 0.4) is 0 Å². The first kappa shape index (κ1) is 11.4. The van der Waals surface area contributed by atoms with E-state index >= 15 is 0 Å². The van der Waals surface area contributed by atoms with Crippen LogP contribution in [-0.4, -0.2) is 16.2 Å². The van der Waals surface area contributed by atoms with Crippen molar-refractivity contribution in [1.29, 1.82) is 0 Å². The van der Waals surface area contributed by atoms with E-state index in [4.69, 9.17) is 0 Å². The molecule has 0 N–H and O–H groups in total. The fourth-order valence-corrected chi connectivity index (χ4v) is 3.41. The summed E-state index contributed by atoms with van der Waals surface area (Å²) >= 11 is 0. The smallest absolute Gasteiger partial charge is 0.283 e. The van der Waals surface area contributed by atoms with Gasteiger partial charge in [0, 0.05) is 11.3 Å². The van der Waals surface area contributed by atoms with Crippen molar-refractivity contribution in [1.82, 2.24) is 0 Å². The Morgan fingerprint density at radius 2 is 2.06 bits per heavy atom. The topological polar surface area (TPSA) is 60.2 Å². The summed E-state index contributed by atoms with van der Waals surface area (Å²) in [5.41, 5.74) is 0.651. The molecule has 1 aromatic carbocycles. The lowest BCUT2D eigenvalue weighted by molar-refractivity contribution is -0.553. The Kier molecular flexibility index (Phi) is 2.47. The first-order chi connectivity index (χ1) is 8.65. The molecule has 2 atom stereocenters. The van der Waals surface area contributed by atoms with E-state index < -0.39 is 5.54 Å². The molecule has 94 valence electrons. The molecule has 2 bridgehead atoms. The molecule has 4 heteroatoms. The number of carbonyl (C=O) groups is 1. The summed E-state index contributed by atoms with van der Waals surface area (Å²) in [7, 11) is 0. The minimum atomic E-state index is -1.35. The van der Waals surface area contributed by atoms with Crippen LogP contribution in [0.25, 0.3) is 0 Å². The van der Waals surface area contributed by atoms with Gasteiger partial charge < -0.3 is 0 Å². The van der Waals surface area contributed by atoms with Gasteiger partial charge in [-0.3, -0.25) is 14.9 Å². The Labute approximate surface area is 105 Å². The summed E-state index contributed by atoms with van der Waals surface area (Å²) in [5.74, 6) is -0.424. The summed E-state index contributed by atoms with van der Waals surface area (Å²) in [6, 6.07) is 7.69. The number of Topliss-reactive ketones (excluding diaryl/α,β-unsaturated/α-hetero) is 1. The molecule has 3 rings (SSSR count). The standard InChI is InChI=1S/C14H15NO3/c16-13-12-7-3-4-8-14(13,15(17)18)9-10-5-1-2-6-11(10)12/h1-2,5-6,12H,3-4,7-9H2/t12-,14-/m1/s1. The van der Waals surface area contributed by atoms with Crippen LogP contribution in [-0.2, 0) is 11.2 Å². The number of hydrogen-bond donors (Lipinski definition) is 0. The Bertz CT molecular complexity index is 526. The zero-order valence-electron chi connectivity index (χ0n) is 10.1. The van der Waals surface area contributed by atoms with Gasteiger partial charge in [0.25, 0.3) is 5.54 Å². The van der Waals surface area contributed by atoms with E-state index in [1.54, 1.807) is 0 Å². The monoisotopic (exact) mass is 245 g/mol. The van der Waals surface area contributed by atoms with Gasteiger partial charge in [-0.2, -0.15) is 0 Å². The van der Waals surface area contributed by atoms with Gasteiger partial charge in [0.05, 0.1) is 12.3 Å². The van der Waals surface area contributed by atoms with E-state index in [1.165, 1.54) is 0 Å². The summed E-state index contributed by atoms with van der Waals surface area (Å²) < 4.78 is 0. The third-order valence-corrected chi connectivity index (χ3v) is 4.37. The van der Waals surface area contributed by atoms with Crippen LogP contribution in [0, 0.1) is 10.1 Å². The van der Waals surface area contributed by atoms with Gasteiger partial charge in [0.2, 0.25) is 5.78 Å². The molecule has 0 amide bonds. The Morgan fingerprint density at radius 3 is 2.83 bits per heavy atom. The molecule has 0 aromatic heterocycles. The lowest BCUT2D eigenvalue weighted by Crippen LogP contribution is -2.52. The third kappa shape index (κ3) is 1.41. The SMILES string of the molecule is O=C1[C@@H]2CCCC[C@@]1([N+](=O)[O-])Cc1ccccc12. The van der Waals surface area contributed by atoms with E-state index in [2.05, 4.69) is 0 Å². The highest BCUT2D eigenvalue weighted by Gasteiger charge is 2.57. The first-order valence-corrected chi connectivity index (χ1v) is 6.42. The number of ketones is 1. The molecule has 18 heavy (non-hydrogen) atoms. The minimum Gasteiger partial charge on any atom is -0.291 e. The molecular formula is C14H15NO3. The highest BCUT2D eigenvalue weighted by atomic mass is 16.6. The second-order valence-corrected chi connectivity index (χ2v) is 5.33. The quantitative estimate of drug-likeness (QED) is 0.564. The second kappa shape index (κ2) is 3.90. The maximum Gasteiger partial charge on any atom is 0.283 e. The maximum absolute atomic E-state index is 12.5. The fraction of sp³-hybridized carbons (Fsp3) is 0.500. The predicted molar refractivity (Wildman–Crippen MR) is 66.1 cm³/mol. The molecule has 0 heterocycles. The summed E-state index contributed by atoms with van der Waals surface area (Å²) in [4.78, 5) is 23.6. The van der Waals surface area contributed by atoms with Crippen LogP contribution in [0.5, 0.6) is 0 Å². The van der Waals surface area contributed by atoms with Crippen LogP contribution >= 0.6 is 0 Å². The minimum absolute atomic E-state index is 0.163. The molecular weight excluding hydrogens is 230 g/mol. The van der Waals surface area contributed by atoms with Gasteiger partial charge in [-0.05, 0) is 24.0 Å². The number of fused-ring (bicyclic) bond motifs is 4. The molecule has 0 spiro atoms. The molecule has 1 fully saturated rings. The number of rotatable bonds is 1. The Hall–Kier alpha value is -1.71. The third-order valence-electron chi connectivity index (χ3n) is 4.37. The zero-order chi connectivity index (χ0) is 12.8. The zero-order valence-corrected chi connectivity index (χ0v) is 10.1. The molecule has 1 aromatic rings. The van der Waals surface area contributed by atoms with Crippen LogP contribution in [0.15, 0.2) is 24.3 Å². The normalized spacial score (nSPS) is 30.4. The lowest BCUT2D eigenvalue weighted by atomic mass is 9.70. The largest absolute Gasteiger partial charge is 0.291 e. The molecule has 2 aliphatic carbocycles. The predicted octanol–water partition coefficient (Wildman–Crippen LogP) is 2.48. The summed E-state index contributed by atoms with van der Waals surface area (Å²) in [6.45, 7) is 0. The van der Waals surface area contributed by atoms with Gasteiger partial charge in [0.15, 0.2) is 0 Å². The van der Waals surface area contributed by atoms with Crippen molar-refractivity contribution >= 4 is 5.78 Å².